The van der Waals surface area contributed by atoms with E-state index >= 15 is 0 Å². The molecule has 0 radical (unpaired) electrons. The summed E-state index contributed by atoms with van der Waals surface area (Å²) in [5.74, 6) is -1.08. The first-order valence-electron chi connectivity index (χ1n) is 4.70. The van der Waals surface area contributed by atoms with Crippen molar-refractivity contribution >= 4 is 11.9 Å². The molecule has 0 aliphatic heterocycles. The third-order valence-corrected chi connectivity index (χ3v) is 1.61. The highest BCUT2D eigenvalue weighted by molar-refractivity contribution is 5.88. The lowest BCUT2D eigenvalue weighted by atomic mass is 9.95. The summed E-state index contributed by atoms with van der Waals surface area (Å²) in [7, 11) is 0. The van der Waals surface area contributed by atoms with E-state index in [4.69, 9.17) is 5.26 Å². The average Bonchev–Trinajstić information content (AvgIpc) is 2.12. The van der Waals surface area contributed by atoms with Crippen LogP contribution in [0.3, 0.4) is 0 Å². The van der Waals surface area contributed by atoms with Crippen molar-refractivity contribution in [2.75, 3.05) is 6.61 Å². The Morgan fingerprint density at radius 3 is 2.33 bits per heavy atom. The predicted molar refractivity (Wildman–Crippen MR) is 53.6 cm³/mol. The summed E-state index contributed by atoms with van der Waals surface area (Å²) < 4.78 is 4.63. The third-order valence-electron chi connectivity index (χ3n) is 1.61. The first-order chi connectivity index (χ1) is 6.82. The molecule has 0 bridgehead atoms. The van der Waals surface area contributed by atoms with E-state index < -0.39 is 17.4 Å². The van der Waals surface area contributed by atoms with E-state index in [1.54, 1.807) is 33.8 Å². The van der Waals surface area contributed by atoms with Crippen molar-refractivity contribution in [3.05, 3.63) is 0 Å². The van der Waals surface area contributed by atoms with Crippen molar-refractivity contribution in [2.45, 2.75) is 33.7 Å². The quantitative estimate of drug-likeness (QED) is 0.695. The molecule has 0 aromatic carbocycles. The number of nitriles is 1. The summed E-state index contributed by atoms with van der Waals surface area (Å²) in [4.78, 5) is 22.6. The van der Waals surface area contributed by atoms with Gasteiger partial charge in [-0.2, -0.15) is 5.26 Å². The molecule has 0 aromatic heterocycles. The summed E-state index contributed by atoms with van der Waals surface area (Å²) in [6.45, 7) is 6.91. The fourth-order valence-electron chi connectivity index (χ4n) is 0.717. The van der Waals surface area contributed by atoms with Crippen molar-refractivity contribution in [2.24, 2.45) is 5.41 Å². The smallest absolute Gasteiger partial charge is 0.343 e. The molecule has 5 nitrogen and oxygen atoms in total. The Kier molecular flexibility index (Phi) is 4.79. The Morgan fingerprint density at radius 2 is 2.00 bits per heavy atom. The Bertz CT molecular complexity index is 286. The van der Waals surface area contributed by atoms with Crippen LogP contribution in [0.5, 0.6) is 0 Å². The number of hydrogen-bond donors (Lipinski definition) is 1. The van der Waals surface area contributed by atoms with E-state index in [-0.39, 0.29) is 12.5 Å². The van der Waals surface area contributed by atoms with Crippen LogP contribution in [0, 0.1) is 16.7 Å². The van der Waals surface area contributed by atoms with Gasteiger partial charge in [-0.15, -0.1) is 0 Å². The van der Waals surface area contributed by atoms with Gasteiger partial charge >= 0.3 is 5.97 Å². The monoisotopic (exact) mass is 212 g/mol. The summed E-state index contributed by atoms with van der Waals surface area (Å²) >= 11 is 0. The lowest BCUT2D eigenvalue weighted by molar-refractivity contribution is -0.146. The largest absolute Gasteiger partial charge is 0.464 e. The van der Waals surface area contributed by atoms with Gasteiger partial charge in [-0.05, 0) is 6.92 Å². The standard InChI is InChI=1S/C10H16N2O3/c1-5-15-8(13)7(6-11)12-9(14)10(2,3)4/h7H,5H2,1-4H3,(H,12,14). The second-order valence-corrected chi connectivity index (χ2v) is 4.04. The van der Waals surface area contributed by atoms with Gasteiger partial charge in [-0.1, -0.05) is 20.8 Å². The topological polar surface area (TPSA) is 79.2 Å². The molecule has 0 rings (SSSR count). The summed E-state index contributed by atoms with van der Waals surface area (Å²) in [6, 6.07) is 0.458. The van der Waals surface area contributed by atoms with Gasteiger partial charge in [0.15, 0.2) is 0 Å². The zero-order valence-corrected chi connectivity index (χ0v) is 9.46. The van der Waals surface area contributed by atoms with E-state index in [0.717, 1.165) is 0 Å². The molecule has 0 saturated carbocycles. The van der Waals surface area contributed by atoms with Gasteiger partial charge in [-0.25, -0.2) is 4.79 Å². The average molecular weight is 212 g/mol. The van der Waals surface area contributed by atoms with Crippen LogP contribution < -0.4 is 5.32 Å². The van der Waals surface area contributed by atoms with Crippen LogP contribution in [0.25, 0.3) is 0 Å². The number of carbonyl (C=O) groups is 2. The normalized spacial score (nSPS) is 12.5. The molecule has 15 heavy (non-hydrogen) atoms. The number of amides is 1. The van der Waals surface area contributed by atoms with Gasteiger partial charge in [0.2, 0.25) is 11.9 Å². The molecule has 0 saturated heterocycles. The van der Waals surface area contributed by atoms with Crippen molar-refractivity contribution < 1.29 is 14.3 Å². The molecule has 0 heterocycles. The molecular weight excluding hydrogens is 196 g/mol. The van der Waals surface area contributed by atoms with Gasteiger partial charge in [-0.3, -0.25) is 4.79 Å². The Morgan fingerprint density at radius 1 is 1.47 bits per heavy atom. The molecule has 1 amide bonds. The SMILES string of the molecule is CCOC(=O)C(C#N)NC(=O)C(C)(C)C. The highest BCUT2D eigenvalue weighted by Crippen LogP contribution is 2.12. The van der Waals surface area contributed by atoms with E-state index in [0.29, 0.717) is 0 Å². The molecule has 1 atom stereocenters. The number of nitrogens with zero attached hydrogens (tertiary/aromatic N) is 1. The number of carbonyl (C=O) groups excluding carboxylic acids is 2. The lowest BCUT2D eigenvalue weighted by Crippen LogP contribution is -2.45. The first kappa shape index (κ1) is 13.4. The molecular formula is C10H16N2O3. The molecule has 1 unspecified atom stereocenters. The molecule has 0 spiro atoms. The van der Waals surface area contributed by atoms with Gasteiger partial charge in [0, 0.05) is 5.41 Å². The summed E-state index contributed by atoms with van der Waals surface area (Å²) in [6.07, 6.45) is 0. The maximum Gasteiger partial charge on any atom is 0.343 e. The zero-order chi connectivity index (χ0) is 12.1. The highest BCUT2D eigenvalue weighted by atomic mass is 16.5. The molecule has 84 valence electrons. The van der Waals surface area contributed by atoms with Gasteiger partial charge in [0.25, 0.3) is 0 Å². The van der Waals surface area contributed by atoms with E-state index in [1.807, 2.05) is 0 Å². The fraction of sp³-hybridized carbons (Fsp3) is 0.700. The number of ether oxygens (including phenoxy) is 1. The van der Waals surface area contributed by atoms with Crippen LogP contribution >= 0.6 is 0 Å². The van der Waals surface area contributed by atoms with Gasteiger partial charge < -0.3 is 10.1 Å². The predicted octanol–water partition coefficient (Wildman–Crippen LogP) is 0.604. The van der Waals surface area contributed by atoms with Crippen LogP contribution in [0.4, 0.5) is 0 Å². The van der Waals surface area contributed by atoms with Gasteiger partial charge in [0.1, 0.15) is 0 Å². The van der Waals surface area contributed by atoms with Gasteiger partial charge in [0.05, 0.1) is 12.7 Å². The van der Waals surface area contributed by atoms with Crippen LogP contribution in [-0.4, -0.2) is 24.5 Å². The van der Waals surface area contributed by atoms with Crippen LogP contribution in [0.15, 0.2) is 0 Å². The van der Waals surface area contributed by atoms with Crippen molar-refractivity contribution in [1.82, 2.24) is 5.32 Å². The van der Waals surface area contributed by atoms with E-state index in [9.17, 15) is 9.59 Å². The number of hydrogen-bond acceptors (Lipinski definition) is 4. The minimum Gasteiger partial charge on any atom is -0.464 e. The molecule has 5 heteroatoms. The fourth-order valence-corrected chi connectivity index (χ4v) is 0.717. The van der Waals surface area contributed by atoms with Crippen LogP contribution in [-0.2, 0) is 14.3 Å². The van der Waals surface area contributed by atoms with Crippen molar-refractivity contribution in [3.8, 4) is 6.07 Å². The molecule has 0 aliphatic rings. The third kappa shape index (κ3) is 4.45. The van der Waals surface area contributed by atoms with Crippen molar-refractivity contribution in [3.63, 3.8) is 0 Å². The van der Waals surface area contributed by atoms with Crippen LogP contribution in [0.1, 0.15) is 27.7 Å². The first-order valence-corrected chi connectivity index (χ1v) is 4.70. The van der Waals surface area contributed by atoms with E-state index in [2.05, 4.69) is 10.1 Å². The molecule has 0 fully saturated rings. The number of rotatable bonds is 3. The minimum absolute atomic E-state index is 0.183. The highest BCUT2D eigenvalue weighted by Gasteiger charge is 2.27. The molecule has 0 aliphatic carbocycles. The van der Waals surface area contributed by atoms with Crippen molar-refractivity contribution in [1.29, 1.82) is 5.26 Å². The maximum absolute atomic E-state index is 11.5. The molecule has 1 N–H and O–H groups in total. The molecule has 0 aromatic rings. The number of esters is 1. The Hall–Kier alpha value is -1.57. The Balaban J connectivity index is 4.43. The summed E-state index contributed by atoms with van der Waals surface area (Å²) in [5, 5.41) is 11.0. The zero-order valence-electron chi connectivity index (χ0n) is 9.46. The summed E-state index contributed by atoms with van der Waals surface area (Å²) in [5.41, 5.74) is -0.637. The number of nitrogens with one attached hydrogen (secondary N) is 1. The maximum atomic E-state index is 11.5. The second kappa shape index (κ2) is 5.35. The lowest BCUT2D eigenvalue weighted by Gasteiger charge is -2.19. The van der Waals surface area contributed by atoms with E-state index in [1.165, 1.54) is 0 Å². The minimum atomic E-state index is -1.23. The second-order valence-electron chi connectivity index (χ2n) is 4.04. The Labute approximate surface area is 89.4 Å². The van der Waals surface area contributed by atoms with Crippen LogP contribution in [0.2, 0.25) is 0 Å².